The summed E-state index contributed by atoms with van der Waals surface area (Å²) in [5.41, 5.74) is 3.19. The van der Waals surface area contributed by atoms with Crippen LogP contribution in [0.5, 0.6) is 0 Å². The molecule has 0 aliphatic carbocycles. The molecule has 1 aromatic heterocycles. The molecule has 0 bridgehead atoms. The number of hydrogen-bond donors (Lipinski definition) is 3. The number of thioether (sulfide) groups is 1. The fourth-order valence-electron chi connectivity index (χ4n) is 1.51. The van der Waals surface area contributed by atoms with Gasteiger partial charge in [-0.3, -0.25) is 15.3 Å². The molecule has 18 heavy (non-hydrogen) atoms. The molecule has 1 heterocycles. The lowest BCUT2D eigenvalue weighted by molar-refractivity contribution is -0.121. The van der Waals surface area contributed by atoms with Crippen molar-refractivity contribution in [1.82, 2.24) is 20.6 Å². The number of aromatic nitrogens is 3. The molecule has 6 nitrogen and oxygen atoms in total. The Balaban J connectivity index is 2.15. The number of nitrogens with one attached hydrogen (secondary N) is 2. The number of rotatable bonds is 5. The second kappa shape index (κ2) is 6.18. The van der Waals surface area contributed by atoms with Gasteiger partial charge in [0.15, 0.2) is 5.16 Å². The van der Waals surface area contributed by atoms with Crippen LogP contribution in [0, 0.1) is 0 Å². The number of aromatic amines is 1. The Morgan fingerprint density at radius 2 is 2.22 bits per heavy atom. The van der Waals surface area contributed by atoms with Crippen molar-refractivity contribution in [3.8, 4) is 0 Å². The van der Waals surface area contributed by atoms with Gasteiger partial charge in [0, 0.05) is 11.7 Å². The maximum atomic E-state index is 11.4. The van der Waals surface area contributed by atoms with Crippen molar-refractivity contribution in [3.05, 3.63) is 42.2 Å². The molecule has 7 heteroatoms. The molecule has 1 aromatic carbocycles. The average Bonchev–Trinajstić information content (AvgIpc) is 2.92. The fourth-order valence-corrected chi connectivity index (χ4v) is 2.52. The third-order valence-electron chi connectivity index (χ3n) is 2.35. The summed E-state index contributed by atoms with van der Waals surface area (Å²) in [5, 5.41) is 7.18. The predicted octanol–water partition coefficient (Wildman–Crippen LogP) is 1.02. The van der Waals surface area contributed by atoms with Gasteiger partial charge in [-0.1, -0.05) is 42.1 Å². The summed E-state index contributed by atoms with van der Waals surface area (Å²) < 4.78 is 0. The molecule has 2 rings (SSSR count). The van der Waals surface area contributed by atoms with E-state index in [0.29, 0.717) is 5.16 Å². The van der Waals surface area contributed by atoms with E-state index < -0.39 is 0 Å². The molecule has 94 valence electrons. The minimum absolute atomic E-state index is 0.0531. The highest BCUT2D eigenvalue weighted by Crippen LogP contribution is 2.35. The van der Waals surface area contributed by atoms with Crippen LogP contribution in [0.3, 0.4) is 0 Å². The molecule has 4 N–H and O–H groups in total. The van der Waals surface area contributed by atoms with E-state index in [1.54, 1.807) is 0 Å². The van der Waals surface area contributed by atoms with E-state index in [1.165, 1.54) is 18.1 Å². The van der Waals surface area contributed by atoms with Crippen molar-refractivity contribution in [3.63, 3.8) is 0 Å². The first kappa shape index (κ1) is 12.6. The second-order valence-electron chi connectivity index (χ2n) is 3.58. The number of nitrogens with two attached hydrogens (primary N) is 1. The summed E-state index contributed by atoms with van der Waals surface area (Å²) in [4.78, 5) is 15.5. The number of amides is 1. The van der Waals surface area contributed by atoms with Gasteiger partial charge in [0.25, 0.3) is 0 Å². The van der Waals surface area contributed by atoms with Gasteiger partial charge in [-0.15, -0.1) is 0 Å². The van der Waals surface area contributed by atoms with Crippen LogP contribution in [0.25, 0.3) is 0 Å². The Hall–Kier alpha value is -1.86. The SMILES string of the molecule is NNC(=O)CC(Sc1ncn[nH]1)c1ccccc1. The molecule has 2 aromatic rings. The van der Waals surface area contributed by atoms with Crippen LogP contribution in [-0.2, 0) is 4.79 Å². The van der Waals surface area contributed by atoms with Crippen LogP contribution in [0.1, 0.15) is 17.2 Å². The molecule has 0 saturated carbocycles. The lowest BCUT2D eigenvalue weighted by Crippen LogP contribution is -2.30. The van der Waals surface area contributed by atoms with Gasteiger partial charge >= 0.3 is 0 Å². The summed E-state index contributed by atoms with van der Waals surface area (Å²) in [5.74, 6) is 4.92. The van der Waals surface area contributed by atoms with Gasteiger partial charge in [-0.05, 0) is 5.56 Å². The number of carbonyl (C=O) groups excluding carboxylic acids is 1. The molecule has 1 unspecified atom stereocenters. The smallest absolute Gasteiger partial charge is 0.235 e. The molecule has 0 fully saturated rings. The van der Waals surface area contributed by atoms with Crippen molar-refractivity contribution >= 4 is 17.7 Å². The van der Waals surface area contributed by atoms with E-state index >= 15 is 0 Å². The number of benzene rings is 1. The van der Waals surface area contributed by atoms with Crippen LogP contribution in [0.2, 0.25) is 0 Å². The molecule has 0 spiro atoms. The van der Waals surface area contributed by atoms with Crippen molar-refractivity contribution in [2.24, 2.45) is 5.84 Å². The van der Waals surface area contributed by atoms with Crippen LogP contribution < -0.4 is 11.3 Å². The number of H-pyrrole nitrogens is 1. The van der Waals surface area contributed by atoms with Crippen molar-refractivity contribution in [1.29, 1.82) is 0 Å². The van der Waals surface area contributed by atoms with Crippen molar-refractivity contribution in [2.75, 3.05) is 0 Å². The normalized spacial score (nSPS) is 12.1. The van der Waals surface area contributed by atoms with E-state index in [-0.39, 0.29) is 17.6 Å². The van der Waals surface area contributed by atoms with Crippen LogP contribution in [0.15, 0.2) is 41.8 Å². The summed E-state index contributed by atoms with van der Waals surface area (Å²) in [6, 6.07) is 9.74. The van der Waals surface area contributed by atoms with Crippen molar-refractivity contribution in [2.45, 2.75) is 16.8 Å². The Morgan fingerprint density at radius 1 is 1.44 bits per heavy atom. The largest absolute Gasteiger partial charge is 0.294 e. The first-order valence-corrected chi connectivity index (χ1v) is 6.24. The Kier molecular flexibility index (Phi) is 4.32. The lowest BCUT2D eigenvalue weighted by atomic mass is 10.1. The van der Waals surface area contributed by atoms with E-state index in [4.69, 9.17) is 5.84 Å². The monoisotopic (exact) mass is 263 g/mol. The van der Waals surface area contributed by atoms with Gasteiger partial charge in [0.05, 0.1) is 0 Å². The molecule has 0 radical (unpaired) electrons. The molecule has 0 aliphatic heterocycles. The molecular formula is C11H13N5OS. The van der Waals surface area contributed by atoms with E-state index in [0.717, 1.165) is 5.56 Å². The number of hydrogen-bond acceptors (Lipinski definition) is 5. The van der Waals surface area contributed by atoms with Gasteiger partial charge in [0.2, 0.25) is 5.91 Å². The zero-order valence-electron chi connectivity index (χ0n) is 9.54. The van der Waals surface area contributed by atoms with Crippen LogP contribution in [0.4, 0.5) is 0 Å². The molecule has 1 amide bonds. The maximum absolute atomic E-state index is 11.4. The number of hydrazine groups is 1. The fraction of sp³-hybridized carbons (Fsp3) is 0.182. The third-order valence-corrected chi connectivity index (χ3v) is 3.49. The molecule has 1 atom stereocenters. The highest BCUT2D eigenvalue weighted by molar-refractivity contribution is 7.99. The highest BCUT2D eigenvalue weighted by atomic mass is 32.2. The summed E-state index contributed by atoms with van der Waals surface area (Å²) in [7, 11) is 0. The zero-order chi connectivity index (χ0) is 12.8. The van der Waals surface area contributed by atoms with E-state index in [2.05, 4.69) is 20.6 Å². The topological polar surface area (TPSA) is 96.7 Å². The Bertz CT molecular complexity index is 487. The van der Waals surface area contributed by atoms with Gasteiger partial charge in [-0.25, -0.2) is 10.8 Å². The van der Waals surface area contributed by atoms with Gasteiger partial charge in [0.1, 0.15) is 6.33 Å². The quantitative estimate of drug-likeness (QED) is 0.324. The number of carbonyl (C=O) groups is 1. The standard InChI is InChI=1S/C11H13N5OS/c12-15-10(17)6-9(8-4-2-1-3-5-8)18-11-13-7-14-16-11/h1-5,7,9H,6,12H2,(H,15,17)(H,13,14,16). The summed E-state index contributed by atoms with van der Waals surface area (Å²) >= 11 is 1.45. The lowest BCUT2D eigenvalue weighted by Gasteiger charge is -2.14. The number of nitrogens with zero attached hydrogens (tertiary/aromatic N) is 2. The van der Waals surface area contributed by atoms with E-state index in [1.807, 2.05) is 30.3 Å². The Labute approximate surface area is 108 Å². The average molecular weight is 263 g/mol. The summed E-state index contributed by atoms with van der Waals surface area (Å²) in [6.07, 6.45) is 1.72. The van der Waals surface area contributed by atoms with Crippen LogP contribution >= 0.6 is 11.8 Å². The first-order valence-electron chi connectivity index (χ1n) is 5.36. The maximum Gasteiger partial charge on any atom is 0.235 e. The minimum Gasteiger partial charge on any atom is -0.294 e. The minimum atomic E-state index is -0.212. The van der Waals surface area contributed by atoms with Crippen LogP contribution in [-0.4, -0.2) is 21.1 Å². The van der Waals surface area contributed by atoms with Crippen molar-refractivity contribution < 1.29 is 4.79 Å². The highest BCUT2D eigenvalue weighted by Gasteiger charge is 2.18. The predicted molar refractivity (Wildman–Crippen MR) is 68.4 cm³/mol. The van der Waals surface area contributed by atoms with E-state index in [9.17, 15) is 4.79 Å². The molecular weight excluding hydrogens is 250 g/mol. The van der Waals surface area contributed by atoms with Gasteiger partial charge < -0.3 is 0 Å². The zero-order valence-corrected chi connectivity index (χ0v) is 10.4. The summed E-state index contributed by atoms with van der Waals surface area (Å²) in [6.45, 7) is 0. The third kappa shape index (κ3) is 3.31. The molecule has 0 saturated heterocycles. The second-order valence-corrected chi connectivity index (χ2v) is 4.77. The first-order chi connectivity index (χ1) is 8.79. The molecule has 0 aliphatic rings. The van der Waals surface area contributed by atoms with Gasteiger partial charge in [-0.2, -0.15) is 5.10 Å². The Morgan fingerprint density at radius 3 is 2.83 bits per heavy atom.